The number of benzene rings is 1. The van der Waals surface area contributed by atoms with Crippen molar-refractivity contribution in [2.75, 3.05) is 11.5 Å². The van der Waals surface area contributed by atoms with Gasteiger partial charge in [-0.1, -0.05) is 50.1 Å². The molecule has 0 aliphatic heterocycles. The van der Waals surface area contributed by atoms with Crippen molar-refractivity contribution in [3.05, 3.63) is 48.0 Å². The molecule has 1 unspecified atom stereocenters. The summed E-state index contributed by atoms with van der Waals surface area (Å²) in [4.78, 5) is 20.3. The molecule has 0 amide bonds. The molecule has 2 heterocycles. The number of nitrogens with two attached hydrogens (primary N) is 2. The molecule has 7 heteroatoms. The lowest BCUT2D eigenvalue weighted by molar-refractivity contribution is 0.611. The predicted octanol–water partition coefficient (Wildman–Crippen LogP) is 2.75. The average molecular weight is 323 g/mol. The first-order valence-electron chi connectivity index (χ1n) is 8.05. The van der Waals surface area contributed by atoms with Crippen LogP contribution in [0.1, 0.15) is 43.6 Å². The Morgan fingerprint density at radius 1 is 1.00 bits per heavy atom. The van der Waals surface area contributed by atoms with Gasteiger partial charge in [-0.2, -0.15) is 15.0 Å². The van der Waals surface area contributed by atoms with Crippen LogP contribution in [0, 0.1) is 0 Å². The standard InChI is InChI=1S/C17H21N7/c1-2-3-9-12(15-22-16(18)24-17(19)23-15)13-10-20-14(21-13)11-7-5-4-6-8-11/h4-8,10,12H,2-3,9H2,1H3,(H,20,21)(H4,18,19,22,23,24). The molecule has 0 radical (unpaired) electrons. The molecule has 0 saturated carbocycles. The normalized spacial score (nSPS) is 12.2. The third-order valence-corrected chi connectivity index (χ3v) is 3.85. The fourth-order valence-corrected chi connectivity index (χ4v) is 2.66. The molecule has 124 valence electrons. The largest absolute Gasteiger partial charge is 0.368 e. The van der Waals surface area contributed by atoms with Crippen molar-refractivity contribution in [3.8, 4) is 11.4 Å². The molecule has 1 aromatic carbocycles. The molecular formula is C17H21N7. The van der Waals surface area contributed by atoms with Crippen molar-refractivity contribution in [1.29, 1.82) is 0 Å². The first-order chi connectivity index (χ1) is 11.7. The minimum Gasteiger partial charge on any atom is -0.368 e. The second-order valence-corrected chi connectivity index (χ2v) is 5.64. The van der Waals surface area contributed by atoms with E-state index in [2.05, 4.69) is 26.9 Å². The highest BCUT2D eigenvalue weighted by Crippen LogP contribution is 2.28. The Morgan fingerprint density at radius 3 is 2.38 bits per heavy atom. The maximum atomic E-state index is 5.73. The van der Waals surface area contributed by atoms with Crippen LogP contribution in [0.3, 0.4) is 0 Å². The highest BCUT2D eigenvalue weighted by atomic mass is 15.1. The maximum Gasteiger partial charge on any atom is 0.225 e. The molecule has 5 N–H and O–H groups in total. The molecule has 0 spiro atoms. The van der Waals surface area contributed by atoms with Gasteiger partial charge in [-0.15, -0.1) is 0 Å². The van der Waals surface area contributed by atoms with Crippen molar-refractivity contribution in [1.82, 2.24) is 24.9 Å². The average Bonchev–Trinajstić information content (AvgIpc) is 3.05. The van der Waals surface area contributed by atoms with E-state index in [0.29, 0.717) is 5.82 Å². The summed E-state index contributed by atoms with van der Waals surface area (Å²) in [6.07, 6.45) is 4.88. The van der Waals surface area contributed by atoms with Crippen molar-refractivity contribution >= 4 is 11.9 Å². The molecular weight excluding hydrogens is 302 g/mol. The van der Waals surface area contributed by atoms with Crippen molar-refractivity contribution in [2.24, 2.45) is 0 Å². The third-order valence-electron chi connectivity index (χ3n) is 3.85. The minimum atomic E-state index is -0.0636. The van der Waals surface area contributed by atoms with Crippen molar-refractivity contribution in [3.63, 3.8) is 0 Å². The minimum absolute atomic E-state index is 0.0636. The number of unbranched alkanes of at least 4 members (excludes halogenated alkanes) is 1. The van der Waals surface area contributed by atoms with Gasteiger partial charge in [0.05, 0.1) is 11.6 Å². The maximum absolute atomic E-state index is 5.73. The van der Waals surface area contributed by atoms with Crippen LogP contribution in [0.15, 0.2) is 36.5 Å². The lowest BCUT2D eigenvalue weighted by Gasteiger charge is -2.13. The number of hydrogen-bond acceptors (Lipinski definition) is 6. The Morgan fingerprint density at radius 2 is 1.71 bits per heavy atom. The van der Waals surface area contributed by atoms with Crippen LogP contribution in [0.25, 0.3) is 11.4 Å². The van der Waals surface area contributed by atoms with Gasteiger partial charge in [0.2, 0.25) is 11.9 Å². The molecule has 24 heavy (non-hydrogen) atoms. The fourth-order valence-electron chi connectivity index (χ4n) is 2.66. The van der Waals surface area contributed by atoms with Gasteiger partial charge in [0.25, 0.3) is 0 Å². The number of nitrogen functional groups attached to an aromatic ring is 2. The highest BCUT2D eigenvalue weighted by molar-refractivity contribution is 5.55. The number of imidazole rings is 1. The number of H-pyrrole nitrogens is 1. The van der Waals surface area contributed by atoms with E-state index in [1.807, 2.05) is 36.5 Å². The molecule has 0 aliphatic carbocycles. The fraction of sp³-hybridized carbons (Fsp3) is 0.294. The van der Waals surface area contributed by atoms with Crippen molar-refractivity contribution < 1.29 is 0 Å². The summed E-state index contributed by atoms with van der Waals surface area (Å²) >= 11 is 0. The summed E-state index contributed by atoms with van der Waals surface area (Å²) in [6, 6.07) is 9.98. The summed E-state index contributed by atoms with van der Waals surface area (Å²) < 4.78 is 0. The van der Waals surface area contributed by atoms with Gasteiger partial charge in [-0.05, 0) is 6.42 Å². The van der Waals surface area contributed by atoms with Crippen molar-refractivity contribution in [2.45, 2.75) is 32.1 Å². The molecule has 0 saturated heterocycles. The molecule has 1 atom stereocenters. The van der Waals surface area contributed by atoms with Gasteiger partial charge in [-0.3, -0.25) is 0 Å². The second kappa shape index (κ2) is 7.08. The zero-order chi connectivity index (χ0) is 16.9. The Hall–Kier alpha value is -2.96. The number of anilines is 2. The van der Waals surface area contributed by atoms with E-state index in [4.69, 9.17) is 16.5 Å². The molecule has 3 aromatic rings. The lowest BCUT2D eigenvalue weighted by atomic mass is 9.98. The topological polar surface area (TPSA) is 119 Å². The SMILES string of the molecule is CCCCC(c1c[nH]c(-c2ccccc2)n1)c1nc(N)nc(N)n1. The summed E-state index contributed by atoms with van der Waals surface area (Å²) in [5.74, 6) is 1.60. The summed E-state index contributed by atoms with van der Waals surface area (Å²) in [6.45, 7) is 2.15. The summed E-state index contributed by atoms with van der Waals surface area (Å²) in [5, 5.41) is 0. The number of hydrogen-bond donors (Lipinski definition) is 3. The van der Waals surface area contributed by atoms with Crippen LogP contribution >= 0.6 is 0 Å². The molecule has 2 aromatic heterocycles. The van der Waals surface area contributed by atoms with E-state index in [1.54, 1.807) is 0 Å². The van der Waals surface area contributed by atoms with Crippen LogP contribution in [-0.4, -0.2) is 24.9 Å². The first kappa shape index (κ1) is 15.9. The van der Waals surface area contributed by atoms with Gasteiger partial charge in [0, 0.05) is 11.8 Å². The van der Waals surface area contributed by atoms with Crippen LogP contribution in [0.4, 0.5) is 11.9 Å². The monoisotopic (exact) mass is 323 g/mol. The predicted molar refractivity (Wildman–Crippen MR) is 94.0 cm³/mol. The highest BCUT2D eigenvalue weighted by Gasteiger charge is 2.21. The van der Waals surface area contributed by atoms with E-state index in [1.165, 1.54) is 0 Å². The van der Waals surface area contributed by atoms with E-state index in [0.717, 1.165) is 36.3 Å². The molecule has 0 fully saturated rings. The van der Waals surface area contributed by atoms with Crippen LogP contribution in [0.5, 0.6) is 0 Å². The number of aromatic nitrogens is 5. The van der Waals surface area contributed by atoms with Gasteiger partial charge in [0.1, 0.15) is 11.6 Å². The number of aromatic amines is 1. The third kappa shape index (κ3) is 3.51. The summed E-state index contributed by atoms with van der Waals surface area (Å²) in [7, 11) is 0. The van der Waals surface area contributed by atoms with E-state index < -0.39 is 0 Å². The van der Waals surface area contributed by atoms with E-state index in [9.17, 15) is 0 Å². The van der Waals surface area contributed by atoms with Crippen LogP contribution in [-0.2, 0) is 0 Å². The van der Waals surface area contributed by atoms with Crippen LogP contribution < -0.4 is 11.5 Å². The first-order valence-corrected chi connectivity index (χ1v) is 8.05. The number of nitrogens with one attached hydrogen (secondary N) is 1. The number of nitrogens with zero attached hydrogens (tertiary/aromatic N) is 4. The zero-order valence-corrected chi connectivity index (χ0v) is 13.6. The Balaban J connectivity index is 1.96. The van der Waals surface area contributed by atoms with Gasteiger partial charge >= 0.3 is 0 Å². The zero-order valence-electron chi connectivity index (χ0n) is 13.6. The quantitative estimate of drug-likeness (QED) is 0.641. The molecule has 3 rings (SSSR count). The lowest BCUT2D eigenvalue weighted by Crippen LogP contribution is -2.12. The smallest absolute Gasteiger partial charge is 0.225 e. The van der Waals surface area contributed by atoms with Gasteiger partial charge in [0.15, 0.2) is 0 Å². The Bertz CT molecular complexity index is 777. The Labute approximate surface area is 140 Å². The van der Waals surface area contributed by atoms with E-state index >= 15 is 0 Å². The molecule has 7 nitrogen and oxygen atoms in total. The molecule has 0 bridgehead atoms. The number of rotatable bonds is 6. The second-order valence-electron chi connectivity index (χ2n) is 5.64. The molecule has 0 aliphatic rings. The van der Waals surface area contributed by atoms with Crippen LogP contribution in [0.2, 0.25) is 0 Å². The Kier molecular flexibility index (Phi) is 4.69. The van der Waals surface area contributed by atoms with Gasteiger partial charge in [-0.25, -0.2) is 4.98 Å². The van der Waals surface area contributed by atoms with E-state index in [-0.39, 0.29) is 17.8 Å². The van der Waals surface area contributed by atoms with Gasteiger partial charge < -0.3 is 16.5 Å². The summed E-state index contributed by atoms with van der Waals surface area (Å²) in [5.41, 5.74) is 13.4.